The molecular formula is C10H12O3. The Morgan fingerprint density at radius 3 is 2.38 bits per heavy atom. The minimum Gasteiger partial charge on any atom is -0.383 e. The molecule has 1 rings (SSSR count). The molecule has 0 aliphatic heterocycles. The molecule has 3 heteroatoms. The zero-order chi connectivity index (χ0) is 9.68. The second-order valence-corrected chi connectivity index (χ2v) is 3.19. The van der Waals surface area contributed by atoms with Crippen LogP contribution >= 0.6 is 0 Å². The smallest absolute Gasteiger partial charge is 0.383 e. The van der Waals surface area contributed by atoms with E-state index >= 15 is 0 Å². The normalized spacial score (nSPS) is 17.5. The Morgan fingerprint density at radius 1 is 1.23 bits per heavy atom. The molecule has 0 radical (unpaired) electrons. The lowest BCUT2D eigenvalue weighted by Crippen LogP contribution is -2.22. The van der Waals surface area contributed by atoms with Gasteiger partial charge in [-0.15, -0.1) is 6.42 Å². The summed E-state index contributed by atoms with van der Waals surface area (Å²) in [5, 5.41) is 0. The topological polar surface area (TPSA) is 43.4 Å². The molecular weight excluding hydrogens is 168 g/mol. The standard InChI is InChI=1S/C10H12O3/c1-2-9(11)13-10(12)8-6-4-3-5-7-8/h1,8H,3-7H2. The first-order valence-corrected chi connectivity index (χ1v) is 4.46. The Kier molecular flexibility index (Phi) is 3.51. The molecule has 13 heavy (non-hydrogen) atoms. The first kappa shape index (κ1) is 9.79. The van der Waals surface area contributed by atoms with E-state index < -0.39 is 11.9 Å². The summed E-state index contributed by atoms with van der Waals surface area (Å²) in [7, 11) is 0. The molecule has 3 nitrogen and oxygen atoms in total. The van der Waals surface area contributed by atoms with Crippen LogP contribution in [0.5, 0.6) is 0 Å². The fourth-order valence-electron chi connectivity index (χ4n) is 1.54. The predicted octanol–water partition coefficient (Wildman–Crippen LogP) is 1.27. The third-order valence-electron chi connectivity index (χ3n) is 2.25. The number of hydrogen-bond donors (Lipinski definition) is 0. The van der Waals surface area contributed by atoms with E-state index in [9.17, 15) is 9.59 Å². The van der Waals surface area contributed by atoms with Crippen LogP contribution in [0, 0.1) is 18.3 Å². The van der Waals surface area contributed by atoms with Crippen molar-refractivity contribution in [1.29, 1.82) is 0 Å². The van der Waals surface area contributed by atoms with E-state index in [1.54, 1.807) is 5.92 Å². The fraction of sp³-hybridized carbons (Fsp3) is 0.600. The Hall–Kier alpha value is -1.30. The van der Waals surface area contributed by atoms with Gasteiger partial charge in [-0.2, -0.15) is 0 Å². The Balaban J connectivity index is 2.38. The molecule has 0 spiro atoms. The molecule has 0 amide bonds. The van der Waals surface area contributed by atoms with Crippen molar-refractivity contribution in [2.75, 3.05) is 0 Å². The monoisotopic (exact) mass is 180 g/mol. The number of hydrogen-bond acceptors (Lipinski definition) is 3. The Bertz CT molecular complexity index is 243. The lowest BCUT2D eigenvalue weighted by molar-refractivity contribution is -0.159. The van der Waals surface area contributed by atoms with E-state index in [0.29, 0.717) is 0 Å². The molecule has 1 fully saturated rings. The van der Waals surface area contributed by atoms with Gasteiger partial charge in [0.05, 0.1) is 5.92 Å². The van der Waals surface area contributed by atoms with Crippen molar-refractivity contribution in [2.45, 2.75) is 32.1 Å². The van der Waals surface area contributed by atoms with E-state index in [-0.39, 0.29) is 5.92 Å². The average molecular weight is 180 g/mol. The number of esters is 2. The molecule has 0 unspecified atom stereocenters. The first-order valence-electron chi connectivity index (χ1n) is 4.46. The molecule has 0 bridgehead atoms. The van der Waals surface area contributed by atoms with E-state index in [0.717, 1.165) is 32.1 Å². The number of rotatable bonds is 1. The van der Waals surface area contributed by atoms with Gasteiger partial charge in [-0.1, -0.05) is 19.3 Å². The third-order valence-corrected chi connectivity index (χ3v) is 2.25. The molecule has 1 aliphatic rings. The van der Waals surface area contributed by atoms with Gasteiger partial charge in [-0.3, -0.25) is 4.79 Å². The highest BCUT2D eigenvalue weighted by molar-refractivity contribution is 5.96. The minimum absolute atomic E-state index is 0.119. The molecule has 0 heterocycles. The molecule has 0 atom stereocenters. The Labute approximate surface area is 77.5 Å². The summed E-state index contributed by atoms with van der Waals surface area (Å²) in [4.78, 5) is 21.8. The maximum atomic E-state index is 11.2. The zero-order valence-electron chi connectivity index (χ0n) is 7.41. The molecule has 0 N–H and O–H groups in total. The third kappa shape index (κ3) is 2.90. The van der Waals surface area contributed by atoms with Crippen LogP contribution in [0.25, 0.3) is 0 Å². The highest BCUT2D eigenvalue weighted by atomic mass is 16.6. The van der Waals surface area contributed by atoms with Crippen molar-refractivity contribution < 1.29 is 14.3 Å². The lowest BCUT2D eigenvalue weighted by Gasteiger charge is -2.18. The first-order chi connectivity index (χ1) is 6.24. The molecule has 0 aromatic rings. The van der Waals surface area contributed by atoms with Crippen molar-refractivity contribution in [1.82, 2.24) is 0 Å². The molecule has 1 saturated carbocycles. The summed E-state index contributed by atoms with van der Waals surface area (Å²) >= 11 is 0. The average Bonchev–Trinajstić information content (AvgIpc) is 2.19. The quantitative estimate of drug-likeness (QED) is 0.264. The van der Waals surface area contributed by atoms with E-state index in [1.165, 1.54) is 0 Å². The largest absolute Gasteiger partial charge is 0.391 e. The number of terminal acetylenes is 1. The summed E-state index contributed by atoms with van der Waals surface area (Å²) in [6.45, 7) is 0. The molecule has 0 saturated heterocycles. The summed E-state index contributed by atoms with van der Waals surface area (Å²) in [5.74, 6) is 0.299. The lowest BCUT2D eigenvalue weighted by atomic mass is 9.89. The van der Waals surface area contributed by atoms with Gasteiger partial charge in [-0.25, -0.2) is 4.79 Å². The van der Waals surface area contributed by atoms with Crippen molar-refractivity contribution in [3.8, 4) is 12.3 Å². The van der Waals surface area contributed by atoms with Crippen LogP contribution in [-0.2, 0) is 14.3 Å². The summed E-state index contributed by atoms with van der Waals surface area (Å²) < 4.78 is 4.43. The van der Waals surface area contributed by atoms with Gasteiger partial charge in [0.25, 0.3) is 0 Å². The van der Waals surface area contributed by atoms with Crippen LogP contribution in [-0.4, -0.2) is 11.9 Å². The molecule has 0 aromatic heterocycles. The van der Waals surface area contributed by atoms with E-state index in [4.69, 9.17) is 6.42 Å². The van der Waals surface area contributed by atoms with Gasteiger partial charge in [0.15, 0.2) is 0 Å². The van der Waals surface area contributed by atoms with Gasteiger partial charge in [-0.05, 0) is 12.8 Å². The summed E-state index contributed by atoms with van der Waals surface area (Å²) in [6, 6.07) is 0. The van der Waals surface area contributed by atoms with Gasteiger partial charge in [0.2, 0.25) is 0 Å². The van der Waals surface area contributed by atoms with Crippen LogP contribution in [0.1, 0.15) is 32.1 Å². The maximum absolute atomic E-state index is 11.2. The predicted molar refractivity (Wildman–Crippen MR) is 46.5 cm³/mol. The minimum atomic E-state index is -0.879. The van der Waals surface area contributed by atoms with Crippen molar-refractivity contribution >= 4 is 11.9 Å². The number of carbonyl (C=O) groups excluding carboxylic acids is 2. The summed E-state index contributed by atoms with van der Waals surface area (Å²) in [6.07, 6.45) is 9.63. The van der Waals surface area contributed by atoms with Crippen LogP contribution < -0.4 is 0 Å². The van der Waals surface area contributed by atoms with Crippen LogP contribution in [0.4, 0.5) is 0 Å². The fourth-order valence-corrected chi connectivity index (χ4v) is 1.54. The highest BCUT2D eigenvalue weighted by Gasteiger charge is 2.23. The Morgan fingerprint density at radius 2 is 1.85 bits per heavy atom. The summed E-state index contributed by atoms with van der Waals surface area (Å²) in [5.41, 5.74) is 0. The molecule has 0 aromatic carbocycles. The maximum Gasteiger partial charge on any atom is 0.391 e. The van der Waals surface area contributed by atoms with Crippen molar-refractivity contribution in [2.24, 2.45) is 5.92 Å². The van der Waals surface area contributed by atoms with Crippen LogP contribution in [0.3, 0.4) is 0 Å². The second-order valence-electron chi connectivity index (χ2n) is 3.19. The SMILES string of the molecule is C#CC(=O)OC(=O)C1CCCCC1. The number of ether oxygens (including phenoxy) is 1. The van der Waals surface area contributed by atoms with Crippen LogP contribution in [0.2, 0.25) is 0 Å². The molecule has 1 aliphatic carbocycles. The van der Waals surface area contributed by atoms with Gasteiger partial charge < -0.3 is 4.74 Å². The van der Waals surface area contributed by atoms with E-state index in [2.05, 4.69) is 4.74 Å². The van der Waals surface area contributed by atoms with Gasteiger partial charge in [0, 0.05) is 5.92 Å². The number of carbonyl (C=O) groups is 2. The van der Waals surface area contributed by atoms with Gasteiger partial charge in [0.1, 0.15) is 0 Å². The van der Waals surface area contributed by atoms with E-state index in [1.807, 2.05) is 0 Å². The molecule has 70 valence electrons. The van der Waals surface area contributed by atoms with Gasteiger partial charge >= 0.3 is 11.9 Å². The second kappa shape index (κ2) is 4.66. The van der Waals surface area contributed by atoms with Crippen molar-refractivity contribution in [3.63, 3.8) is 0 Å². The highest BCUT2D eigenvalue weighted by Crippen LogP contribution is 2.24. The zero-order valence-corrected chi connectivity index (χ0v) is 7.41. The van der Waals surface area contributed by atoms with Crippen LogP contribution in [0.15, 0.2) is 0 Å². The van der Waals surface area contributed by atoms with Crippen molar-refractivity contribution in [3.05, 3.63) is 0 Å².